The van der Waals surface area contributed by atoms with E-state index in [1.165, 1.54) is 25.3 Å². The Morgan fingerprint density at radius 2 is 2.28 bits per heavy atom. The lowest BCUT2D eigenvalue weighted by Gasteiger charge is -2.12. The Morgan fingerprint density at radius 3 is 2.83 bits per heavy atom. The van der Waals surface area contributed by atoms with Gasteiger partial charge in [-0.1, -0.05) is 0 Å². The summed E-state index contributed by atoms with van der Waals surface area (Å²) in [4.78, 5) is 35.2. The maximum absolute atomic E-state index is 11.3. The summed E-state index contributed by atoms with van der Waals surface area (Å²) in [6, 6.07) is 1.68. The van der Waals surface area contributed by atoms with Crippen molar-refractivity contribution in [2.75, 3.05) is 0 Å². The highest BCUT2D eigenvalue weighted by Gasteiger charge is 2.22. The number of urea groups is 1. The Morgan fingerprint density at radius 1 is 1.61 bits per heavy atom. The van der Waals surface area contributed by atoms with E-state index in [1.807, 2.05) is 0 Å². The fraction of sp³-hybridized carbons (Fsp3) is 0.222. The van der Waals surface area contributed by atoms with Crippen molar-refractivity contribution >= 4 is 17.8 Å². The molecule has 18 heavy (non-hydrogen) atoms. The average Bonchev–Trinajstić information content (AvgIpc) is 2.28. The number of carbonyl (C=O) groups excluding carboxylic acids is 2. The lowest BCUT2D eigenvalue weighted by atomic mass is 10.3. The van der Waals surface area contributed by atoms with Gasteiger partial charge in [0.15, 0.2) is 6.10 Å². The predicted molar refractivity (Wildman–Crippen MR) is 58.7 cm³/mol. The van der Waals surface area contributed by atoms with Crippen molar-refractivity contribution in [2.24, 2.45) is 5.73 Å². The minimum Gasteiger partial charge on any atom is -0.473 e. The van der Waals surface area contributed by atoms with Crippen LogP contribution in [-0.2, 0) is 4.79 Å². The van der Waals surface area contributed by atoms with Gasteiger partial charge in [-0.15, -0.1) is 0 Å². The second kappa shape index (κ2) is 5.57. The molecule has 0 saturated carbocycles. The van der Waals surface area contributed by atoms with Crippen LogP contribution in [0.4, 0.5) is 10.6 Å². The van der Waals surface area contributed by atoms with Crippen LogP contribution in [0.3, 0.4) is 0 Å². The first-order valence-corrected chi connectivity index (χ1v) is 4.78. The Labute approximate surface area is 101 Å². The quantitative estimate of drug-likeness (QED) is 0.570. The molecule has 1 aromatic heterocycles. The second-order valence-corrected chi connectivity index (χ2v) is 3.20. The number of nitrogens with one attached hydrogen (secondary N) is 1. The average molecular weight is 254 g/mol. The van der Waals surface area contributed by atoms with Crippen LogP contribution >= 0.6 is 0 Å². The van der Waals surface area contributed by atoms with Crippen molar-refractivity contribution in [3.8, 4) is 5.75 Å². The number of nitrogens with zero attached hydrogens (tertiary/aromatic N) is 2. The molecule has 0 spiro atoms. The lowest BCUT2D eigenvalue weighted by Crippen LogP contribution is -2.42. The summed E-state index contributed by atoms with van der Waals surface area (Å²) >= 11 is 0. The van der Waals surface area contributed by atoms with Gasteiger partial charge in [0, 0.05) is 0 Å². The number of nitro groups is 1. The van der Waals surface area contributed by atoms with E-state index >= 15 is 0 Å². The molecule has 9 nitrogen and oxygen atoms in total. The molecule has 0 fully saturated rings. The van der Waals surface area contributed by atoms with Crippen LogP contribution in [0.25, 0.3) is 0 Å². The summed E-state index contributed by atoms with van der Waals surface area (Å²) in [5, 5.41) is 12.4. The molecule has 1 rings (SSSR count). The molecule has 1 aromatic rings. The normalized spacial score (nSPS) is 11.4. The first kappa shape index (κ1) is 13.4. The summed E-state index contributed by atoms with van der Waals surface area (Å²) in [6.07, 6.45) is 0.0967. The Hall–Kier alpha value is -2.71. The van der Waals surface area contributed by atoms with Crippen molar-refractivity contribution in [1.82, 2.24) is 10.3 Å². The van der Waals surface area contributed by atoms with Gasteiger partial charge < -0.3 is 20.6 Å². The zero-order valence-electron chi connectivity index (χ0n) is 9.32. The van der Waals surface area contributed by atoms with Gasteiger partial charge in [0.1, 0.15) is 6.20 Å². The van der Waals surface area contributed by atoms with Crippen LogP contribution in [-0.4, -0.2) is 27.9 Å². The van der Waals surface area contributed by atoms with E-state index in [0.717, 1.165) is 0 Å². The lowest BCUT2D eigenvalue weighted by molar-refractivity contribution is -0.390. The van der Waals surface area contributed by atoms with Gasteiger partial charge in [-0.3, -0.25) is 10.1 Å². The van der Waals surface area contributed by atoms with Gasteiger partial charge in [0.2, 0.25) is 5.75 Å². The Kier molecular flexibility index (Phi) is 4.13. The fourth-order valence-electron chi connectivity index (χ4n) is 1.08. The largest absolute Gasteiger partial charge is 0.473 e. The number of carbonyl (C=O) groups is 2. The van der Waals surface area contributed by atoms with Gasteiger partial charge in [-0.25, -0.2) is 4.79 Å². The first-order chi connectivity index (χ1) is 8.41. The molecule has 96 valence electrons. The van der Waals surface area contributed by atoms with Crippen molar-refractivity contribution in [3.63, 3.8) is 0 Å². The molecule has 9 heteroatoms. The van der Waals surface area contributed by atoms with Crippen molar-refractivity contribution in [3.05, 3.63) is 28.4 Å². The number of hydrogen-bond acceptors (Lipinski definition) is 6. The molecular weight excluding hydrogens is 244 g/mol. The summed E-state index contributed by atoms with van der Waals surface area (Å²) in [5.74, 6) is -1.49. The van der Waals surface area contributed by atoms with Crippen LogP contribution in [0, 0.1) is 10.1 Å². The third-order valence-electron chi connectivity index (χ3n) is 1.84. The summed E-state index contributed by atoms with van der Waals surface area (Å²) in [5.41, 5.74) is 4.76. The van der Waals surface area contributed by atoms with Gasteiger partial charge in [0.05, 0.1) is 0 Å². The van der Waals surface area contributed by atoms with Gasteiger partial charge >= 0.3 is 11.8 Å². The van der Waals surface area contributed by atoms with Gasteiger partial charge in [0.25, 0.3) is 5.91 Å². The zero-order chi connectivity index (χ0) is 13.7. The number of nitrogens with two attached hydrogens (primary N) is 1. The molecule has 0 aliphatic rings. The van der Waals surface area contributed by atoms with Crippen LogP contribution in [0.2, 0.25) is 0 Å². The number of aromatic nitrogens is 1. The van der Waals surface area contributed by atoms with E-state index in [2.05, 4.69) is 4.98 Å². The van der Waals surface area contributed by atoms with E-state index in [0.29, 0.717) is 0 Å². The third kappa shape index (κ3) is 3.40. The number of pyridine rings is 1. The number of primary amides is 1. The maximum atomic E-state index is 11.3. The topological polar surface area (TPSA) is 137 Å². The molecule has 0 aliphatic heterocycles. The van der Waals surface area contributed by atoms with Crippen LogP contribution in [0.1, 0.15) is 6.92 Å². The minimum atomic E-state index is -1.12. The highest BCUT2D eigenvalue weighted by atomic mass is 16.6. The van der Waals surface area contributed by atoms with E-state index in [9.17, 15) is 19.7 Å². The second-order valence-electron chi connectivity index (χ2n) is 3.20. The number of hydrogen-bond donors (Lipinski definition) is 2. The zero-order valence-corrected chi connectivity index (χ0v) is 9.32. The van der Waals surface area contributed by atoms with Crippen LogP contribution in [0.15, 0.2) is 18.3 Å². The van der Waals surface area contributed by atoms with Crippen molar-refractivity contribution < 1.29 is 19.2 Å². The molecule has 3 N–H and O–H groups in total. The number of imide groups is 1. The van der Waals surface area contributed by atoms with E-state index < -0.39 is 28.8 Å². The molecular formula is C9H10N4O5. The standard InChI is InChI=1S/C9H10N4O5/c1-5(8(14)12-9(10)15)18-6-3-2-4-11-7(6)13(16)17/h2-5H,1H3,(H3,10,12,14,15). The van der Waals surface area contributed by atoms with E-state index in [1.54, 1.807) is 5.32 Å². The molecule has 1 heterocycles. The number of amides is 3. The molecule has 0 radical (unpaired) electrons. The van der Waals surface area contributed by atoms with E-state index in [4.69, 9.17) is 10.5 Å². The smallest absolute Gasteiger partial charge is 0.406 e. The highest BCUT2D eigenvalue weighted by Crippen LogP contribution is 2.23. The number of ether oxygens (including phenoxy) is 1. The van der Waals surface area contributed by atoms with Crippen LogP contribution in [0.5, 0.6) is 5.75 Å². The first-order valence-electron chi connectivity index (χ1n) is 4.78. The summed E-state index contributed by atoms with van der Waals surface area (Å²) in [6.45, 7) is 1.31. The maximum Gasteiger partial charge on any atom is 0.406 e. The molecule has 0 aliphatic carbocycles. The minimum absolute atomic E-state index is 0.172. The number of rotatable bonds is 4. The molecule has 1 atom stereocenters. The SMILES string of the molecule is CC(Oc1cccnc1[N+](=O)[O-])C(=O)NC(N)=O. The summed E-state index contributed by atoms with van der Waals surface area (Å²) < 4.78 is 5.05. The van der Waals surface area contributed by atoms with Crippen molar-refractivity contribution in [1.29, 1.82) is 0 Å². The van der Waals surface area contributed by atoms with Gasteiger partial charge in [-0.2, -0.15) is 0 Å². The van der Waals surface area contributed by atoms with Gasteiger partial charge in [-0.05, 0) is 29.0 Å². The van der Waals surface area contributed by atoms with Crippen molar-refractivity contribution in [2.45, 2.75) is 13.0 Å². The molecule has 0 aromatic carbocycles. The van der Waals surface area contributed by atoms with Crippen LogP contribution < -0.4 is 15.8 Å². The third-order valence-corrected chi connectivity index (χ3v) is 1.84. The monoisotopic (exact) mass is 254 g/mol. The fourth-order valence-corrected chi connectivity index (χ4v) is 1.08. The Bertz CT molecular complexity index is 490. The molecule has 0 bridgehead atoms. The predicted octanol–water partition coefficient (Wildman–Crippen LogP) is -0.0480. The van der Waals surface area contributed by atoms with E-state index in [-0.39, 0.29) is 5.75 Å². The molecule has 1 unspecified atom stereocenters. The highest BCUT2D eigenvalue weighted by molar-refractivity contribution is 5.95. The molecule has 0 saturated heterocycles. The molecule has 3 amide bonds. The summed E-state index contributed by atoms with van der Waals surface area (Å²) in [7, 11) is 0. The Balaban J connectivity index is 2.81.